The van der Waals surface area contributed by atoms with E-state index in [1.165, 1.54) is 15.8 Å². The molecule has 1 nitrogen and oxygen atoms in total. The van der Waals surface area contributed by atoms with Crippen molar-refractivity contribution in [3.8, 4) is 10.6 Å². The zero-order chi connectivity index (χ0) is 11.8. The Morgan fingerprint density at radius 2 is 1.94 bits per heavy atom. The van der Waals surface area contributed by atoms with Crippen molar-refractivity contribution >= 4 is 38.2 Å². The van der Waals surface area contributed by atoms with Crippen molar-refractivity contribution in [2.45, 2.75) is 6.92 Å². The molecule has 0 unspecified atom stereocenters. The van der Waals surface area contributed by atoms with Gasteiger partial charge in [-0.05, 0) is 45.9 Å². The normalized spacial score (nSPS) is 10.9. The minimum Gasteiger partial charge on any atom is -0.246 e. The second-order valence-electron chi connectivity index (χ2n) is 3.89. The smallest absolute Gasteiger partial charge is 0.0953 e. The van der Waals surface area contributed by atoms with E-state index in [1.807, 2.05) is 12.1 Å². The Morgan fingerprint density at radius 3 is 2.71 bits per heavy atom. The van der Waals surface area contributed by atoms with Crippen molar-refractivity contribution in [1.82, 2.24) is 4.98 Å². The molecule has 0 aliphatic carbocycles. The SMILES string of the molecule is Cc1c(Br)c(-c2cccs2)nc2ccccc12. The van der Waals surface area contributed by atoms with Crippen LogP contribution in [0.15, 0.2) is 46.3 Å². The van der Waals surface area contributed by atoms with Gasteiger partial charge in [0.1, 0.15) is 0 Å². The van der Waals surface area contributed by atoms with E-state index in [-0.39, 0.29) is 0 Å². The van der Waals surface area contributed by atoms with Gasteiger partial charge in [0.25, 0.3) is 0 Å². The molecule has 0 atom stereocenters. The van der Waals surface area contributed by atoms with Crippen molar-refractivity contribution in [3.63, 3.8) is 0 Å². The van der Waals surface area contributed by atoms with E-state index in [4.69, 9.17) is 4.98 Å². The number of nitrogens with zero attached hydrogens (tertiary/aromatic N) is 1. The van der Waals surface area contributed by atoms with Crippen molar-refractivity contribution in [2.24, 2.45) is 0 Å². The van der Waals surface area contributed by atoms with Crippen molar-refractivity contribution in [3.05, 3.63) is 51.8 Å². The predicted molar refractivity (Wildman–Crippen MR) is 77.5 cm³/mol. The fourth-order valence-corrected chi connectivity index (χ4v) is 3.30. The van der Waals surface area contributed by atoms with Crippen molar-refractivity contribution in [1.29, 1.82) is 0 Å². The third-order valence-corrected chi connectivity index (χ3v) is 4.68. The average molecular weight is 304 g/mol. The molecule has 84 valence electrons. The number of fused-ring (bicyclic) bond motifs is 1. The summed E-state index contributed by atoms with van der Waals surface area (Å²) in [5.74, 6) is 0. The van der Waals surface area contributed by atoms with Gasteiger partial charge in [0.2, 0.25) is 0 Å². The highest BCUT2D eigenvalue weighted by Crippen LogP contribution is 2.35. The second kappa shape index (κ2) is 4.24. The summed E-state index contributed by atoms with van der Waals surface area (Å²) in [6.45, 7) is 2.13. The van der Waals surface area contributed by atoms with Gasteiger partial charge in [-0.1, -0.05) is 24.3 Å². The molecular weight excluding hydrogens is 294 g/mol. The Bertz CT molecular complexity index is 674. The Balaban J connectivity index is 2.37. The van der Waals surface area contributed by atoms with Crippen molar-refractivity contribution < 1.29 is 0 Å². The molecule has 0 spiro atoms. The molecule has 0 bridgehead atoms. The van der Waals surface area contributed by atoms with E-state index in [9.17, 15) is 0 Å². The van der Waals surface area contributed by atoms with Crippen LogP contribution >= 0.6 is 27.3 Å². The molecule has 0 saturated carbocycles. The maximum Gasteiger partial charge on any atom is 0.0953 e. The fourth-order valence-electron chi connectivity index (χ4n) is 1.93. The summed E-state index contributed by atoms with van der Waals surface area (Å²) in [6, 6.07) is 12.4. The van der Waals surface area contributed by atoms with Gasteiger partial charge in [0.05, 0.1) is 16.1 Å². The van der Waals surface area contributed by atoms with Gasteiger partial charge in [0, 0.05) is 9.86 Å². The molecule has 3 rings (SSSR count). The standard InChI is InChI=1S/C14H10BrNS/c1-9-10-5-2-3-6-11(10)16-14(13(9)15)12-7-4-8-17-12/h2-8H,1H3. The Morgan fingerprint density at radius 1 is 1.12 bits per heavy atom. The molecule has 1 aromatic carbocycles. The largest absolute Gasteiger partial charge is 0.246 e. The molecule has 2 heterocycles. The number of pyridine rings is 1. The first-order chi connectivity index (χ1) is 8.27. The number of aromatic nitrogens is 1. The quantitative estimate of drug-likeness (QED) is 0.614. The highest BCUT2D eigenvalue weighted by atomic mass is 79.9. The number of hydrogen-bond donors (Lipinski definition) is 0. The van der Waals surface area contributed by atoms with Gasteiger partial charge in [-0.25, -0.2) is 4.98 Å². The molecule has 0 saturated heterocycles. The summed E-state index contributed by atoms with van der Waals surface area (Å²) in [7, 11) is 0. The van der Waals surface area contributed by atoms with Gasteiger partial charge in [-0.15, -0.1) is 11.3 Å². The summed E-state index contributed by atoms with van der Waals surface area (Å²) in [5.41, 5.74) is 3.34. The summed E-state index contributed by atoms with van der Waals surface area (Å²) in [4.78, 5) is 5.94. The van der Waals surface area contributed by atoms with Crippen LogP contribution in [-0.2, 0) is 0 Å². The highest BCUT2D eigenvalue weighted by Gasteiger charge is 2.11. The predicted octanol–water partition coefficient (Wildman–Crippen LogP) is 5.03. The Kier molecular flexibility index (Phi) is 2.73. The van der Waals surface area contributed by atoms with E-state index < -0.39 is 0 Å². The van der Waals surface area contributed by atoms with Gasteiger partial charge < -0.3 is 0 Å². The van der Waals surface area contributed by atoms with E-state index in [1.54, 1.807) is 11.3 Å². The monoisotopic (exact) mass is 303 g/mol. The van der Waals surface area contributed by atoms with E-state index >= 15 is 0 Å². The second-order valence-corrected chi connectivity index (χ2v) is 5.63. The van der Waals surface area contributed by atoms with E-state index in [0.717, 1.165) is 15.7 Å². The molecular formula is C14H10BrNS. The van der Waals surface area contributed by atoms with Crippen LogP contribution in [0.4, 0.5) is 0 Å². The molecule has 3 heteroatoms. The fraction of sp³-hybridized carbons (Fsp3) is 0.0714. The zero-order valence-electron chi connectivity index (χ0n) is 9.27. The first-order valence-electron chi connectivity index (χ1n) is 5.36. The molecule has 17 heavy (non-hydrogen) atoms. The molecule has 0 aliphatic heterocycles. The summed E-state index contributed by atoms with van der Waals surface area (Å²) in [6.07, 6.45) is 0. The Hall–Kier alpha value is -1.19. The number of benzene rings is 1. The third kappa shape index (κ3) is 1.79. The molecule has 0 N–H and O–H groups in total. The van der Waals surface area contributed by atoms with Gasteiger partial charge in [-0.2, -0.15) is 0 Å². The molecule has 2 aromatic heterocycles. The molecule has 0 aliphatic rings. The summed E-state index contributed by atoms with van der Waals surface area (Å²) >= 11 is 5.38. The van der Waals surface area contributed by atoms with Crippen LogP contribution in [0.25, 0.3) is 21.5 Å². The lowest BCUT2D eigenvalue weighted by Crippen LogP contribution is -1.90. The molecule has 0 fully saturated rings. The number of para-hydroxylation sites is 1. The zero-order valence-corrected chi connectivity index (χ0v) is 11.7. The van der Waals surface area contributed by atoms with Crippen LogP contribution in [0.5, 0.6) is 0 Å². The van der Waals surface area contributed by atoms with Crippen LogP contribution in [-0.4, -0.2) is 4.98 Å². The van der Waals surface area contributed by atoms with Crippen LogP contribution < -0.4 is 0 Å². The number of aryl methyl sites for hydroxylation is 1. The Labute approximate surface area is 112 Å². The minimum absolute atomic E-state index is 1.04. The van der Waals surface area contributed by atoms with E-state index in [2.05, 4.69) is 52.5 Å². The number of hydrogen-bond acceptors (Lipinski definition) is 2. The first-order valence-corrected chi connectivity index (χ1v) is 7.03. The lowest BCUT2D eigenvalue weighted by Gasteiger charge is -2.08. The van der Waals surface area contributed by atoms with Gasteiger partial charge >= 0.3 is 0 Å². The van der Waals surface area contributed by atoms with Gasteiger partial charge in [0.15, 0.2) is 0 Å². The van der Waals surface area contributed by atoms with Crippen LogP contribution in [0, 0.1) is 6.92 Å². The van der Waals surface area contributed by atoms with Crippen molar-refractivity contribution in [2.75, 3.05) is 0 Å². The molecule has 0 radical (unpaired) electrons. The van der Waals surface area contributed by atoms with Gasteiger partial charge in [-0.3, -0.25) is 0 Å². The lowest BCUT2D eigenvalue weighted by molar-refractivity contribution is 1.35. The maximum atomic E-state index is 4.74. The summed E-state index contributed by atoms with van der Waals surface area (Å²) in [5, 5.41) is 3.29. The van der Waals surface area contributed by atoms with Crippen LogP contribution in [0.3, 0.4) is 0 Å². The summed E-state index contributed by atoms with van der Waals surface area (Å²) < 4.78 is 1.10. The molecule has 0 amide bonds. The maximum absolute atomic E-state index is 4.74. The van der Waals surface area contributed by atoms with E-state index in [0.29, 0.717) is 0 Å². The molecule has 3 aromatic rings. The van der Waals surface area contributed by atoms with Crippen LogP contribution in [0.1, 0.15) is 5.56 Å². The average Bonchev–Trinajstić information content (AvgIpc) is 2.87. The highest BCUT2D eigenvalue weighted by molar-refractivity contribution is 9.10. The third-order valence-electron chi connectivity index (χ3n) is 2.83. The van der Waals surface area contributed by atoms with Crippen LogP contribution in [0.2, 0.25) is 0 Å². The number of rotatable bonds is 1. The topological polar surface area (TPSA) is 12.9 Å². The number of halogens is 1. The minimum atomic E-state index is 1.04. The number of thiophene rings is 1. The lowest BCUT2D eigenvalue weighted by atomic mass is 10.1. The first kappa shape index (κ1) is 10.9.